The molecule has 2 bridgehead atoms. The molecule has 4 atom stereocenters. The summed E-state index contributed by atoms with van der Waals surface area (Å²) in [5, 5.41) is 2.84. The molecule has 0 saturated heterocycles. The van der Waals surface area contributed by atoms with E-state index in [-0.39, 0.29) is 11.9 Å². The van der Waals surface area contributed by atoms with Crippen molar-refractivity contribution in [2.24, 2.45) is 17.8 Å². The lowest BCUT2D eigenvalue weighted by Gasteiger charge is -2.21. The number of nitrogens with one attached hydrogen (secondary N) is 1. The zero-order valence-electron chi connectivity index (χ0n) is 9.33. The van der Waals surface area contributed by atoms with Gasteiger partial charge in [0.1, 0.15) is 0 Å². The van der Waals surface area contributed by atoms with E-state index in [1.807, 2.05) is 6.92 Å². The highest BCUT2D eigenvalue weighted by molar-refractivity contribution is 5.76. The van der Waals surface area contributed by atoms with E-state index in [2.05, 4.69) is 11.2 Å². The van der Waals surface area contributed by atoms with Crippen LogP contribution in [0.2, 0.25) is 0 Å². The van der Waals surface area contributed by atoms with Crippen molar-refractivity contribution in [1.82, 2.24) is 5.32 Å². The predicted molar refractivity (Wildman–Crippen MR) is 60.0 cm³/mol. The molecule has 0 aliphatic heterocycles. The zero-order chi connectivity index (χ0) is 10.8. The Labute approximate surface area is 91.8 Å². The number of rotatable bonds is 3. The summed E-state index contributed by atoms with van der Waals surface area (Å²) >= 11 is 0. The van der Waals surface area contributed by atoms with Gasteiger partial charge in [0.15, 0.2) is 0 Å². The SMILES string of the molecule is C#CC(C)NC(=O)CC1CC2CCC1C2. The van der Waals surface area contributed by atoms with E-state index in [0.29, 0.717) is 12.3 Å². The highest BCUT2D eigenvalue weighted by Crippen LogP contribution is 2.49. The lowest BCUT2D eigenvalue weighted by molar-refractivity contribution is -0.122. The van der Waals surface area contributed by atoms with Crippen LogP contribution < -0.4 is 5.32 Å². The summed E-state index contributed by atoms with van der Waals surface area (Å²) in [5.41, 5.74) is 0. The van der Waals surface area contributed by atoms with E-state index in [1.54, 1.807) is 0 Å². The maximum Gasteiger partial charge on any atom is 0.221 e. The first-order valence-corrected chi connectivity index (χ1v) is 5.94. The Morgan fingerprint density at radius 2 is 2.33 bits per heavy atom. The van der Waals surface area contributed by atoms with Crippen molar-refractivity contribution in [3.05, 3.63) is 0 Å². The molecule has 15 heavy (non-hydrogen) atoms. The predicted octanol–water partition coefficient (Wildman–Crippen LogP) is 1.95. The van der Waals surface area contributed by atoms with E-state index >= 15 is 0 Å². The molecule has 0 radical (unpaired) electrons. The molecule has 82 valence electrons. The molecular weight excluding hydrogens is 186 g/mol. The van der Waals surface area contributed by atoms with Crippen LogP contribution in [0.4, 0.5) is 0 Å². The summed E-state index contributed by atoms with van der Waals surface area (Å²) in [5.74, 6) is 5.03. The third-order valence-electron chi connectivity index (χ3n) is 3.96. The minimum atomic E-state index is -0.129. The Balaban J connectivity index is 1.78. The second-order valence-electron chi connectivity index (χ2n) is 5.09. The first kappa shape index (κ1) is 10.5. The largest absolute Gasteiger partial charge is 0.343 e. The van der Waals surface area contributed by atoms with Crippen molar-refractivity contribution < 1.29 is 4.79 Å². The van der Waals surface area contributed by atoms with Crippen LogP contribution in [0.1, 0.15) is 39.0 Å². The van der Waals surface area contributed by atoms with Gasteiger partial charge in [-0.05, 0) is 43.9 Å². The van der Waals surface area contributed by atoms with Crippen LogP contribution in [0.5, 0.6) is 0 Å². The Morgan fingerprint density at radius 3 is 2.87 bits per heavy atom. The van der Waals surface area contributed by atoms with Gasteiger partial charge in [0.2, 0.25) is 5.91 Å². The molecule has 2 nitrogen and oxygen atoms in total. The normalized spacial score (nSPS) is 34.8. The Bertz CT molecular complexity index is 291. The molecule has 2 fully saturated rings. The summed E-state index contributed by atoms with van der Waals surface area (Å²) < 4.78 is 0. The summed E-state index contributed by atoms with van der Waals surface area (Å²) in [6.45, 7) is 1.85. The van der Waals surface area contributed by atoms with Crippen LogP contribution in [0, 0.1) is 30.1 Å². The van der Waals surface area contributed by atoms with Crippen LogP contribution in [0.3, 0.4) is 0 Å². The van der Waals surface area contributed by atoms with Gasteiger partial charge in [-0.2, -0.15) is 0 Å². The molecule has 2 rings (SSSR count). The van der Waals surface area contributed by atoms with E-state index in [0.717, 1.165) is 11.8 Å². The lowest BCUT2D eigenvalue weighted by atomic mass is 9.86. The quantitative estimate of drug-likeness (QED) is 0.701. The van der Waals surface area contributed by atoms with E-state index in [9.17, 15) is 4.79 Å². The third-order valence-corrected chi connectivity index (χ3v) is 3.96. The van der Waals surface area contributed by atoms with Crippen molar-refractivity contribution in [3.8, 4) is 12.3 Å². The average molecular weight is 205 g/mol. The van der Waals surface area contributed by atoms with Crippen LogP contribution in [0.15, 0.2) is 0 Å². The van der Waals surface area contributed by atoms with Crippen LogP contribution >= 0.6 is 0 Å². The molecule has 2 heteroatoms. The molecule has 2 aliphatic carbocycles. The number of carbonyl (C=O) groups is 1. The average Bonchev–Trinajstić information content (AvgIpc) is 2.78. The van der Waals surface area contributed by atoms with E-state index < -0.39 is 0 Å². The molecule has 1 N–H and O–H groups in total. The summed E-state index contributed by atoms with van der Waals surface area (Å²) in [6.07, 6.45) is 11.3. The van der Waals surface area contributed by atoms with Gasteiger partial charge in [0.25, 0.3) is 0 Å². The smallest absolute Gasteiger partial charge is 0.221 e. The highest BCUT2D eigenvalue weighted by Gasteiger charge is 2.40. The van der Waals surface area contributed by atoms with Crippen LogP contribution in [0.25, 0.3) is 0 Å². The van der Waals surface area contributed by atoms with Gasteiger partial charge in [-0.1, -0.05) is 12.3 Å². The number of hydrogen-bond donors (Lipinski definition) is 1. The van der Waals surface area contributed by atoms with Crippen molar-refractivity contribution >= 4 is 5.91 Å². The fourth-order valence-electron chi connectivity index (χ4n) is 3.21. The molecule has 0 aromatic rings. The van der Waals surface area contributed by atoms with Gasteiger partial charge in [0.05, 0.1) is 6.04 Å². The van der Waals surface area contributed by atoms with Crippen LogP contribution in [-0.4, -0.2) is 11.9 Å². The number of amides is 1. The van der Waals surface area contributed by atoms with Crippen LogP contribution in [-0.2, 0) is 4.79 Å². The number of hydrogen-bond acceptors (Lipinski definition) is 1. The maximum absolute atomic E-state index is 11.6. The van der Waals surface area contributed by atoms with Crippen molar-refractivity contribution in [3.63, 3.8) is 0 Å². The van der Waals surface area contributed by atoms with E-state index in [4.69, 9.17) is 6.42 Å². The lowest BCUT2D eigenvalue weighted by Crippen LogP contribution is -2.33. The first-order chi connectivity index (χ1) is 7.19. The molecule has 2 aliphatic rings. The standard InChI is InChI=1S/C13H19NO/c1-3-9(2)14-13(15)8-12-7-10-4-5-11(12)6-10/h1,9-12H,4-8H2,2H3,(H,14,15). The molecule has 0 spiro atoms. The Kier molecular flexibility index (Phi) is 3.00. The molecule has 1 amide bonds. The molecular formula is C13H19NO. The summed E-state index contributed by atoms with van der Waals surface area (Å²) in [7, 11) is 0. The van der Waals surface area contributed by atoms with Crippen molar-refractivity contribution in [1.29, 1.82) is 0 Å². The number of carbonyl (C=O) groups excluding carboxylic acids is 1. The monoisotopic (exact) mass is 205 g/mol. The fraction of sp³-hybridized carbons (Fsp3) is 0.769. The fourth-order valence-corrected chi connectivity index (χ4v) is 3.21. The zero-order valence-corrected chi connectivity index (χ0v) is 9.33. The second-order valence-corrected chi connectivity index (χ2v) is 5.09. The van der Waals surface area contributed by atoms with Gasteiger partial charge in [0, 0.05) is 6.42 Å². The Morgan fingerprint density at radius 1 is 1.53 bits per heavy atom. The minimum Gasteiger partial charge on any atom is -0.343 e. The van der Waals surface area contributed by atoms with Crippen molar-refractivity contribution in [2.75, 3.05) is 0 Å². The molecule has 0 aromatic heterocycles. The molecule has 4 unspecified atom stereocenters. The molecule has 0 aromatic carbocycles. The molecule has 0 heterocycles. The van der Waals surface area contributed by atoms with Crippen molar-refractivity contribution in [2.45, 2.75) is 45.1 Å². The van der Waals surface area contributed by atoms with Gasteiger partial charge in [-0.25, -0.2) is 0 Å². The van der Waals surface area contributed by atoms with Gasteiger partial charge in [-0.3, -0.25) is 4.79 Å². The second kappa shape index (κ2) is 4.26. The molecule has 2 saturated carbocycles. The number of terminal acetylenes is 1. The minimum absolute atomic E-state index is 0.129. The first-order valence-electron chi connectivity index (χ1n) is 5.94. The van der Waals surface area contributed by atoms with E-state index in [1.165, 1.54) is 25.7 Å². The highest BCUT2D eigenvalue weighted by atomic mass is 16.1. The van der Waals surface area contributed by atoms with Gasteiger partial charge < -0.3 is 5.32 Å². The Hall–Kier alpha value is -0.970. The van der Waals surface area contributed by atoms with Gasteiger partial charge >= 0.3 is 0 Å². The van der Waals surface area contributed by atoms with Gasteiger partial charge in [-0.15, -0.1) is 6.42 Å². The topological polar surface area (TPSA) is 29.1 Å². The number of fused-ring (bicyclic) bond motifs is 2. The maximum atomic E-state index is 11.6. The summed E-state index contributed by atoms with van der Waals surface area (Å²) in [6, 6.07) is -0.129. The third kappa shape index (κ3) is 2.34. The summed E-state index contributed by atoms with van der Waals surface area (Å²) in [4.78, 5) is 11.6.